The Hall–Kier alpha value is -3.64. The maximum atomic E-state index is 14.2. The maximum absolute atomic E-state index is 14.2. The number of benzene rings is 1. The topological polar surface area (TPSA) is 139 Å². The van der Waals surface area contributed by atoms with E-state index in [4.69, 9.17) is 9.47 Å². The average Bonchev–Trinajstić information content (AvgIpc) is 3.58. The number of carbonyl (C=O) groups excluding carboxylic acids is 2. The van der Waals surface area contributed by atoms with E-state index in [2.05, 4.69) is 30.5 Å². The molecular formula is C31H42F3N6O5P. The van der Waals surface area contributed by atoms with Gasteiger partial charge in [-0.25, -0.2) is 19.6 Å². The molecule has 1 aromatic carbocycles. The quantitative estimate of drug-likeness (QED) is 0.131. The summed E-state index contributed by atoms with van der Waals surface area (Å²) in [6.45, 7) is 11.3. The van der Waals surface area contributed by atoms with E-state index in [9.17, 15) is 27.3 Å². The lowest BCUT2D eigenvalue weighted by molar-refractivity contribution is -0.137. The number of aromatic nitrogens is 3. The molecule has 46 heavy (non-hydrogen) atoms. The van der Waals surface area contributed by atoms with Crippen molar-refractivity contribution in [1.29, 1.82) is 0 Å². The lowest BCUT2D eigenvalue weighted by Gasteiger charge is -2.19. The Labute approximate surface area is 266 Å². The third kappa shape index (κ3) is 8.79. The number of aromatic amines is 1. The highest BCUT2D eigenvalue weighted by molar-refractivity contribution is 7.70. The number of methoxy groups -OCH3 is 1. The molecule has 0 unspecified atom stereocenters. The Morgan fingerprint density at radius 3 is 2.54 bits per heavy atom. The second kappa shape index (κ2) is 14.0. The molecule has 3 aromatic rings. The fourth-order valence-corrected chi connectivity index (χ4v) is 7.03. The molecule has 4 rings (SSSR count). The summed E-state index contributed by atoms with van der Waals surface area (Å²) >= 11 is 0. The standard InChI is InChI=1S/C31H42F3N6O5P/c1-30(2,3)45-29(42)35-13-8-7-9-14-40-15-12-19(18-40)38-28-37-17-23(31(32,33)34)24(39-28)22-16-36-25-20(22)10-11-21(27(41)44-4)26(25)46(5,6)43/h10-11,16-17,19,36H,7-9,12-15,18H2,1-6H3,(H,35,42)(H,37,38,39)/t19-/m0/s1. The van der Waals surface area contributed by atoms with E-state index in [1.165, 1.54) is 38.8 Å². The van der Waals surface area contributed by atoms with Crippen molar-refractivity contribution in [3.05, 3.63) is 35.7 Å². The maximum Gasteiger partial charge on any atom is 0.419 e. The predicted octanol–water partition coefficient (Wildman–Crippen LogP) is 5.86. The second-order valence-electron chi connectivity index (χ2n) is 12.8. The number of amides is 1. The molecule has 252 valence electrons. The minimum absolute atomic E-state index is 0.0540. The number of alkyl carbamates (subject to hydrolysis) is 1. The van der Waals surface area contributed by atoms with Gasteiger partial charge in [0.05, 0.1) is 23.9 Å². The molecule has 1 aliphatic heterocycles. The molecule has 3 heterocycles. The van der Waals surface area contributed by atoms with Crippen LogP contribution in [0, 0.1) is 0 Å². The normalized spacial score (nSPS) is 16.1. The zero-order valence-corrected chi connectivity index (χ0v) is 27.9. The van der Waals surface area contributed by atoms with E-state index in [1.807, 2.05) is 20.8 Å². The van der Waals surface area contributed by atoms with E-state index >= 15 is 0 Å². The van der Waals surface area contributed by atoms with Gasteiger partial charge in [0.2, 0.25) is 5.95 Å². The van der Waals surface area contributed by atoms with Crippen molar-refractivity contribution < 1.29 is 36.8 Å². The van der Waals surface area contributed by atoms with Crippen molar-refractivity contribution in [2.75, 3.05) is 51.9 Å². The van der Waals surface area contributed by atoms with Gasteiger partial charge in [0.25, 0.3) is 0 Å². The Morgan fingerprint density at radius 1 is 1.15 bits per heavy atom. The van der Waals surface area contributed by atoms with E-state index in [0.717, 1.165) is 45.0 Å². The van der Waals surface area contributed by atoms with Crippen LogP contribution in [-0.4, -0.2) is 90.2 Å². The lowest BCUT2D eigenvalue weighted by atomic mass is 10.0. The first-order valence-electron chi connectivity index (χ1n) is 15.2. The van der Waals surface area contributed by atoms with E-state index < -0.39 is 36.5 Å². The summed E-state index contributed by atoms with van der Waals surface area (Å²) in [7, 11) is -1.87. The van der Waals surface area contributed by atoms with Gasteiger partial charge in [-0.15, -0.1) is 0 Å². The Kier molecular flexibility index (Phi) is 10.7. The number of hydrogen-bond acceptors (Lipinski definition) is 9. The zero-order chi connectivity index (χ0) is 33.9. The number of halogens is 3. The van der Waals surface area contributed by atoms with Gasteiger partial charge in [0, 0.05) is 54.3 Å². The SMILES string of the molecule is COC(=O)c1ccc2c(-c3nc(N[C@H]4CCN(CCCCCNC(=O)OC(C)(C)C)C4)ncc3C(F)(F)F)c[nH]c2c1P(C)(C)=O. The minimum Gasteiger partial charge on any atom is -0.465 e. The van der Waals surface area contributed by atoms with Gasteiger partial charge in [-0.3, -0.25) is 0 Å². The smallest absolute Gasteiger partial charge is 0.419 e. The highest BCUT2D eigenvalue weighted by Crippen LogP contribution is 2.43. The number of H-pyrrole nitrogens is 1. The Balaban J connectivity index is 1.45. The molecule has 1 fully saturated rings. The fourth-order valence-electron chi connectivity index (χ4n) is 5.56. The molecule has 3 N–H and O–H groups in total. The first-order valence-corrected chi connectivity index (χ1v) is 17.8. The molecule has 0 aliphatic carbocycles. The molecule has 2 aromatic heterocycles. The number of nitrogens with zero attached hydrogens (tertiary/aromatic N) is 3. The monoisotopic (exact) mass is 666 g/mol. The molecule has 15 heteroatoms. The Morgan fingerprint density at radius 2 is 1.89 bits per heavy atom. The molecule has 0 saturated carbocycles. The number of nitrogens with one attached hydrogen (secondary N) is 3. The summed E-state index contributed by atoms with van der Waals surface area (Å²) in [6.07, 6.45) is 0.455. The van der Waals surface area contributed by atoms with Crippen molar-refractivity contribution in [3.8, 4) is 11.3 Å². The highest BCUT2D eigenvalue weighted by atomic mass is 31.2. The van der Waals surface area contributed by atoms with Crippen LogP contribution in [-0.2, 0) is 20.2 Å². The third-order valence-electron chi connectivity index (χ3n) is 7.55. The number of esters is 1. The molecular weight excluding hydrogens is 624 g/mol. The van der Waals surface area contributed by atoms with Crippen LogP contribution < -0.4 is 15.9 Å². The number of alkyl halides is 3. The van der Waals surface area contributed by atoms with Crippen molar-refractivity contribution in [3.63, 3.8) is 0 Å². The van der Waals surface area contributed by atoms with Crippen LogP contribution >= 0.6 is 7.14 Å². The van der Waals surface area contributed by atoms with Gasteiger partial charge >= 0.3 is 18.2 Å². The summed E-state index contributed by atoms with van der Waals surface area (Å²) in [4.78, 5) is 37.7. The van der Waals surface area contributed by atoms with Crippen molar-refractivity contribution in [2.45, 2.75) is 64.3 Å². The van der Waals surface area contributed by atoms with Crippen LogP contribution in [0.25, 0.3) is 22.2 Å². The largest absolute Gasteiger partial charge is 0.465 e. The van der Waals surface area contributed by atoms with E-state index in [-0.39, 0.29) is 34.1 Å². The predicted molar refractivity (Wildman–Crippen MR) is 171 cm³/mol. The molecule has 1 amide bonds. The van der Waals surface area contributed by atoms with Crippen LogP contribution in [0.15, 0.2) is 24.5 Å². The van der Waals surface area contributed by atoms with Gasteiger partial charge in [0.1, 0.15) is 18.3 Å². The molecule has 1 aliphatic rings. The number of likely N-dealkylation sites (tertiary alicyclic amines) is 1. The van der Waals surface area contributed by atoms with E-state index in [0.29, 0.717) is 24.0 Å². The number of unbranched alkanes of at least 4 members (excludes halogenated alkanes) is 2. The number of rotatable bonds is 11. The molecule has 1 atom stereocenters. The summed E-state index contributed by atoms with van der Waals surface area (Å²) in [5.74, 6) is -0.622. The van der Waals surface area contributed by atoms with Crippen LogP contribution in [0.5, 0.6) is 0 Å². The van der Waals surface area contributed by atoms with Crippen molar-refractivity contribution >= 4 is 41.4 Å². The van der Waals surface area contributed by atoms with Gasteiger partial charge < -0.3 is 34.6 Å². The van der Waals surface area contributed by atoms with Gasteiger partial charge in [0.15, 0.2) is 0 Å². The summed E-state index contributed by atoms with van der Waals surface area (Å²) in [6, 6.07) is 2.87. The van der Waals surface area contributed by atoms with Crippen LogP contribution in [0.4, 0.5) is 23.9 Å². The van der Waals surface area contributed by atoms with E-state index in [1.54, 1.807) is 0 Å². The molecule has 1 saturated heterocycles. The highest BCUT2D eigenvalue weighted by Gasteiger charge is 2.37. The number of ether oxygens (including phenoxy) is 2. The molecule has 0 bridgehead atoms. The van der Waals surface area contributed by atoms with Gasteiger partial charge in [-0.05, 0) is 66.0 Å². The summed E-state index contributed by atoms with van der Waals surface area (Å²) in [5.41, 5.74) is -1.35. The second-order valence-corrected chi connectivity index (χ2v) is 16.0. The van der Waals surface area contributed by atoms with Crippen molar-refractivity contribution in [2.24, 2.45) is 0 Å². The Bertz CT molecular complexity index is 1610. The number of anilines is 1. The first kappa shape index (κ1) is 35.2. The van der Waals surface area contributed by atoms with Crippen molar-refractivity contribution in [1.82, 2.24) is 25.2 Å². The molecule has 11 nitrogen and oxygen atoms in total. The third-order valence-corrected chi connectivity index (χ3v) is 9.09. The summed E-state index contributed by atoms with van der Waals surface area (Å²) in [5, 5.41) is 6.50. The average molecular weight is 667 g/mol. The zero-order valence-electron chi connectivity index (χ0n) is 27.0. The number of fused-ring (bicyclic) bond motifs is 1. The van der Waals surface area contributed by atoms with Crippen LogP contribution in [0.2, 0.25) is 0 Å². The summed E-state index contributed by atoms with van der Waals surface area (Å²) < 4.78 is 65.8. The lowest BCUT2D eigenvalue weighted by Crippen LogP contribution is -2.33. The van der Waals surface area contributed by atoms with Gasteiger partial charge in [-0.2, -0.15) is 13.2 Å². The van der Waals surface area contributed by atoms with Gasteiger partial charge in [-0.1, -0.05) is 12.5 Å². The fraction of sp³-hybridized carbons (Fsp3) is 0.548. The first-order chi connectivity index (χ1) is 21.5. The van der Waals surface area contributed by atoms with Crippen LogP contribution in [0.1, 0.15) is 62.4 Å². The number of hydrogen-bond donors (Lipinski definition) is 3. The molecule has 0 radical (unpaired) electrons. The number of carbonyl (C=O) groups is 2. The molecule has 0 spiro atoms. The minimum atomic E-state index is -4.73. The van der Waals surface area contributed by atoms with Crippen LogP contribution in [0.3, 0.4) is 0 Å².